The van der Waals surface area contributed by atoms with Crippen molar-refractivity contribution in [3.63, 3.8) is 0 Å². The van der Waals surface area contributed by atoms with Crippen LogP contribution in [0.3, 0.4) is 0 Å². The van der Waals surface area contributed by atoms with Crippen LogP contribution in [0.4, 0.5) is 0 Å². The van der Waals surface area contributed by atoms with Gasteiger partial charge in [0.2, 0.25) is 0 Å². The van der Waals surface area contributed by atoms with Crippen LogP contribution in [0.2, 0.25) is 0 Å². The molecule has 1 aliphatic carbocycles. The van der Waals surface area contributed by atoms with E-state index in [0.717, 1.165) is 29.7 Å². The number of rotatable bonds is 3. The Kier molecular flexibility index (Phi) is 2.67. The Morgan fingerprint density at radius 1 is 1.40 bits per heavy atom. The molecule has 15 heavy (non-hydrogen) atoms. The molecule has 1 N–H and O–H groups in total. The van der Waals surface area contributed by atoms with E-state index < -0.39 is 5.60 Å². The van der Waals surface area contributed by atoms with E-state index in [4.69, 9.17) is 9.47 Å². The van der Waals surface area contributed by atoms with Gasteiger partial charge in [0, 0.05) is 7.11 Å². The van der Waals surface area contributed by atoms with Crippen molar-refractivity contribution >= 4 is 0 Å². The Morgan fingerprint density at radius 3 is 2.87 bits per heavy atom. The van der Waals surface area contributed by atoms with Gasteiger partial charge in [-0.1, -0.05) is 6.07 Å². The Hall–Kier alpha value is -1.06. The Balaban J connectivity index is 2.35. The second-order valence-electron chi connectivity index (χ2n) is 3.99. The van der Waals surface area contributed by atoms with Gasteiger partial charge in [-0.15, -0.1) is 0 Å². The highest BCUT2D eigenvalue weighted by molar-refractivity contribution is 5.42. The Labute approximate surface area is 89.6 Å². The molecule has 0 saturated heterocycles. The fraction of sp³-hybridized carbons (Fsp3) is 0.500. The molecular weight excluding hydrogens is 192 g/mol. The van der Waals surface area contributed by atoms with Crippen LogP contribution < -0.4 is 4.74 Å². The van der Waals surface area contributed by atoms with Crippen LogP contribution in [0.5, 0.6) is 5.75 Å². The first-order valence-corrected chi connectivity index (χ1v) is 5.08. The third-order valence-corrected chi connectivity index (χ3v) is 3.00. The molecule has 0 fully saturated rings. The number of hydrogen-bond acceptors (Lipinski definition) is 3. The van der Waals surface area contributed by atoms with E-state index in [1.807, 2.05) is 18.2 Å². The van der Waals surface area contributed by atoms with E-state index in [9.17, 15) is 5.11 Å². The predicted octanol–water partition coefficient (Wildman–Crippen LogP) is 1.48. The number of fused-ring (bicyclic) bond motifs is 1. The lowest BCUT2D eigenvalue weighted by Crippen LogP contribution is -2.28. The first-order valence-electron chi connectivity index (χ1n) is 5.08. The van der Waals surface area contributed by atoms with E-state index in [2.05, 4.69) is 0 Å². The molecule has 0 amide bonds. The molecule has 0 radical (unpaired) electrons. The molecule has 0 spiro atoms. The van der Waals surface area contributed by atoms with Gasteiger partial charge in [-0.25, -0.2) is 0 Å². The van der Waals surface area contributed by atoms with E-state index in [-0.39, 0.29) is 0 Å². The van der Waals surface area contributed by atoms with Gasteiger partial charge in [0.15, 0.2) is 0 Å². The highest BCUT2D eigenvalue weighted by Crippen LogP contribution is 2.38. The van der Waals surface area contributed by atoms with Crippen LogP contribution in [0, 0.1) is 0 Å². The number of aryl methyl sites for hydroxylation is 1. The summed E-state index contributed by atoms with van der Waals surface area (Å²) in [5, 5.41) is 10.3. The van der Waals surface area contributed by atoms with Gasteiger partial charge in [-0.3, -0.25) is 0 Å². The highest BCUT2D eigenvalue weighted by Gasteiger charge is 2.36. The minimum atomic E-state index is -0.809. The maximum Gasteiger partial charge on any atom is 0.119 e. The number of aliphatic hydroxyl groups is 1. The maximum atomic E-state index is 10.3. The van der Waals surface area contributed by atoms with Crippen molar-refractivity contribution < 1.29 is 14.6 Å². The largest absolute Gasteiger partial charge is 0.497 e. The SMILES string of the molecule is COCC1(O)CCc2cc(OC)ccc21. The second-order valence-corrected chi connectivity index (χ2v) is 3.99. The van der Waals surface area contributed by atoms with Crippen LogP contribution >= 0.6 is 0 Å². The normalized spacial score (nSPS) is 23.9. The Morgan fingerprint density at radius 2 is 2.20 bits per heavy atom. The molecule has 0 bridgehead atoms. The monoisotopic (exact) mass is 208 g/mol. The maximum absolute atomic E-state index is 10.3. The zero-order valence-electron chi connectivity index (χ0n) is 9.12. The third kappa shape index (κ3) is 1.73. The van der Waals surface area contributed by atoms with Gasteiger partial charge >= 0.3 is 0 Å². The highest BCUT2D eigenvalue weighted by atomic mass is 16.5. The zero-order valence-corrected chi connectivity index (χ0v) is 9.12. The van der Waals surface area contributed by atoms with E-state index in [1.54, 1.807) is 14.2 Å². The molecule has 3 nitrogen and oxygen atoms in total. The van der Waals surface area contributed by atoms with Crippen LogP contribution in [0.25, 0.3) is 0 Å². The fourth-order valence-electron chi connectivity index (χ4n) is 2.22. The summed E-state index contributed by atoms with van der Waals surface area (Å²) >= 11 is 0. The molecule has 0 aromatic heterocycles. The second kappa shape index (κ2) is 3.83. The molecule has 1 unspecified atom stereocenters. The summed E-state index contributed by atoms with van der Waals surface area (Å²) in [4.78, 5) is 0. The molecule has 1 atom stereocenters. The van der Waals surface area contributed by atoms with Crippen LogP contribution in [-0.4, -0.2) is 25.9 Å². The smallest absolute Gasteiger partial charge is 0.119 e. The first kappa shape index (κ1) is 10.5. The zero-order chi connectivity index (χ0) is 10.9. The van der Waals surface area contributed by atoms with Crippen molar-refractivity contribution in [2.75, 3.05) is 20.8 Å². The lowest BCUT2D eigenvalue weighted by molar-refractivity contribution is -0.0340. The number of ether oxygens (including phenoxy) is 2. The van der Waals surface area contributed by atoms with Crippen LogP contribution in [0.15, 0.2) is 18.2 Å². The van der Waals surface area contributed by atoms with Crippen molar-refractivity contribution in [1.29, 1.82) is 0 Å². The number of methoxy groups -OCH3 is 2. The molecule has 1 aromatic carbocycles. The van der Waals surface area contributed by atoms with Crippen LogP contribution in [0.1, 0.15) is 17.5 Å². The number of benzene rings is 1. The van der Waals surface area contributed by atoms with Crippen LogP contribution in [-0.2, 0) is 16.8 Å². The average molecular weight is 208 g/mol. The van der Waals surface area contributed by atoms with Crippen molar-refractivity contribution in [3.05, 3.63) is 29.3 Å². The topological polar surface area (TPSA) is 38.7 Å². The van der Waals surface area contributed by atoms with Crippen molar-refractivity contribution in [1.82, 2.24) is 0 Å². The number of hydrogen-bond donors (Lipinski definition) is 1. The van der Waals surface area contributed by atoms with Gasteiger partial charge in [0.05, 0.1) is 13.7 Å². The molecule has 0 saturated carbocycles. The summed E-state index contributed by atoms with van der Waals surface area (Å²) in [5.41, 5.74) is 1.33. The summed E-state index contributed by atoms with van der Waals surface area (Å²) in [6.45, 7) is 0.354. The van der Waals surface area contributed by atoms with E-state index in [1.165, 1.54) is 0 Å². The summed E-state index contributed by atoms with van der Waals surface area (Å²) in [6.07, 6.45) is 1.61. The molecule has 82 valence electrons. The predicted molar refractivity (Wildman–Crippen MR) is 57.1 cm³/mol. The molecule has 1 aromatic rings. The standard InChI is InChI=1S/C12H16O3/c1-14-8-12(13)6-5-9-7-10(15-2)3-4-11(9)12/h3-4,7,13H,5-6,8H2,1-2H3. The summed E-state index contributed by atoms with van der Waals surface area (Å²) in [7, 11) is 3.26. The van der Waals surface area contributed by atoms with Gasteiger partial charge < -0.3 is 14.6 Å². The summed E-state index contributed by atoms with van der Waals surface area (Å²) in [5.74, 6) is 0.843. The van der Waals surface area contributed by atoms with E-state index >= 15 is 0 Å². The van der Waals surface area contributed by atoms with Crippen molar-refractivity contribution in [3.8, 4) is 5.75 Å². The van der Waals surface area contributed by atoms with Crippen molar-refractivity contribution in [2.45, 2.75) is 18.4 Å². The minimum Gasteiger partial charge on any atom is -0.497 e. The third-order valence-electron chi connectivity index (χ3n) is 3.00. The molecule has 2 rings (SSSR count). The average Bonchev–Trinajstić information content (AvgIpc) is 2.57. The van der Waals surface area contributed by atoms with E-state index in [0.29, 0.717) is 6.61 Å². The van der Waals surface area contributed by atoms with Crippen molar-refractivity contribution in [2.24, 2.45) is 0 Å². The first-order chi connectivity index (χ1) is 7.19. The van der Waals surface area contributed by atoms with Gasteiger partial charge in [-0.2, -0.15) is 0 Å². The summed E-state index contributed by atoms with van der Waals surface area (Å²) < 4.78 is 10.2. The molecule has 3 heteroatoms. The van der Waals surface area contributed by atoms with Gasteiger partial charge in [0.1, 0.15) is 11.4 Å². The quantitative estimate of drug-likeness (QED) is 0.817. The lowest BCUT2D eigenvalue weighted by Gasteiger charge is -2.22. The van der Waals surface area contributed by atoms with Gasteiger partial charge in [0.25, 0.3) is 0 Å². The van der Waals surface area contributed by atoms with Gasteiger partial charge in [-0.05, 0) is 36.1 Å². The Bertz CT molecular complexity index is 362. The molecule has 0 aliphatic heterocycles. The summed E-state index contributed by atoms with van der Waals surface area (Å²) in [6, 6.07) is 5.80. The fourth-order valence-corrected chi connectivity index (χ4v) is 2.22. The lowest BCUT2D eigenvalue weighted by atomic mass is 9.97. The minimum absolute atomic E-state index is 0.354. The molecular formula is C12H16O3. The molecule has 1 aliphatic rings. The molecule has 0 heterocycles.